The van der Waals surface area contributed by atoms with Gasteiger partial charge in [-0.05, 0) is 26.2 Å². The lowest BCUT2D eigenvalue weighted by Gasteiger charge is -2.32. The van der Waals surface area contributed by atoms with Crippen molar-refractivity contribution >= 4 is 0 Å². The fourth-order valence-corrected chi connectivity index (χ4v) is 3.32. The van der Waals surface area contributed by atoms with Crippen molar-refractivity contribution in [2.24, 2.45) is 11.8 Å². The number of ether oxygens (including phenoxy) is 4. The topological polar surface area (TPSA) is 36.9 Å². The highest BCUT2D eigenvalue weighted by molar-refractivity contribution is 5.22. The van der Waals surface area contributed by atoms with Crippen LogP contribution in [0.4, 0.5) is 0 Å². The van der Waals surface area contributed by atoms with Crippen LogP contribution in [0.15, 0.2) is 24.3 Å². The summed E-state index contributed by atoms with van der Waals surface area (Å²) in [4.78, 5) is 0. The van der Waals surface area contributed by atoms with Crippen molar-refractivity contribution < 1.29 is 18.9 Å². The van der Waals surface area contributed by atoms with E-state index in [1.54, 1.807) is 0 Å². The molecule has 0 spiro atoms. The van der Waals surface area contributed by atoms with E-state index >= 15 is 0 Å². The average molecular weight is 334 g/mol. The zero-order valence-corrected chi connectivity index (χ0v) is 14.9. The van der Waals surface area contributed by atoms with Crippen LogP contribution in [0.5, 0.6) is 0 Å². The normalized spacial score (nSPS) is 31.1. The molecule has 0 radical (unpaired) electrons. The number of hydrogen-bond donors (Lipinski definition) is 0. The Morgan fingerprint density at radius 2 is 1.38 bits per heavy atom. The third-order valence-electron chi connectivity index (χ3n) is 4.86. The van der Waals surface area contributed by atoms with Crippen LogP contribution in [-0.4, -0.2) is 32.7 Å². The zero-order valence-electron chi connectivity index (χ0n) is 14.9. The van der Waals surface area contributed by atoms with Crippen LogP contribution in [0.1, 0.15) is 50.0 Å². The lowest BCUT2D eigenvalue weighted by Crippen LogP contribution is -2.33. The molecule has 3 rings (SSSR count). The fourth-order valence-electron chi connectivity index (χ4n) is 3.32. The maximum Gasteiger partial charge on any atom is 0.183 e. The summed E-state index contributed by atoms with van der Waals surface area (Å²) < 4.78 is 23.5. The summed E-state index contributed by atoms with van der Waals surface area (Å²) in [6, 6.07) is 8.35. The molecule has 134 valence electrons. The molecule has 1 aromatic rings. The Bertz CT molecular complexity index is 471. The predicted molar refractivity (Wildman–Crippen MR) is 92.6 cm³/mol. The predicted octanol–water partition coefficient (Wildman–Crippen LogP) is 4.23. The van der Waals surface area contributed by atoms with Gasteiger partial charge in [-0.1, -0.05) is 43.2 Å². The van der Waals surface area contributed by atoms with E-state index in [9.17, 15) is 0 Å². The molecule has 0 unspecified atom stereocenters. The van der Waals surface area contributed by atoms with Crippen molar-refractivity contribution in [3.05, 3.63) is 35.4 Å². The van der Waals surface area contributed by atoms with Gasteiger partial charge in [0, 0.05) is 17.4 Å². The maximum absolute atomic E-state index is 5.90. The molecule has 24 heavy (non-hydrogen) atoms. The second kappa shape index (κ2) is 8.95. The number of benzene rings is 1. The van der Waals surface area contributed by atoms with Crippen LogP contribution in [0.3, 0.4) is 0 Å². The number of hydrogen-bond acceptors (Lipinski definition) is 4. The average Bonchev–Trinajstić information content (AvgIpc) is 2.63. The van der Waals surface area contributed by atoms with Crippen LogP contribution in [0.2, 0.25) is 0 Å². The molecule has 2 aliphatic rings. The Morgan fingerprint density at radius 1 is 0.792 bits per heavy atom. The van der Waals surface area contributed by atoms with Crippen LogP contribution in [-0.2, 0) is 18.9 Å². The minimum absolute atomic E-state index is 0.0482. The van der Waals surface area contributed by atoms with Crippen LogP contribution >= 0.6 is 0 Å². The van der Waals surface area contributed by atoms with Gasteiger partial charge >= 0.3 is 0 Å². The van der Waals surface area contributed by atoms with Crippen LogP contribution in [0.25, 0.3) is 0 Å². The van der Waals surface area contributed by atoms with Crippen LogP contribution < -0.4 is 0 Å². The summed E-state index contributed by atoms with van der Waals surface area (Å²) in [7, 11) is 0. The molecule has 0 aliphatic carbocycles. The number of rotatable bonds is 6. The van der Waals surface area contributed by atoms with Crippen molar-refractivity contribution in [1.82, 2.24) is 0 Å². The quantitative estimate of drug-likeness (QED) is 0.780. The smallest absolute Gasteiger partial charge is 0.183 e. The van der Waals surface area contributed by atoms with E-state index in [0.29, 0.717) is 11.8 Å². The molecule has 2 fully saturated rings. The van der Waals surface area contributed by atoms with Gasteiger partial charge < -0.3 is 18.9 Å². The first-order valence-electron chi connectivity index (χ1n) is 9.27. The first-order valence-corrected chi connectivity index (χ1v) is 9.27. The van der Waals surface area contributed by atoms with Gasteiger partial charge in [-0.2, -0.15) is 0 Å². The summed E-state index contributed by atoms with van der Waals surface area (Å²) in [5.41, 5.74) is 2.35. The molecule has 4 heteroatoms. The van der Waals surface area contributed by atoms with Crippen molar-refractivity contribution in [1.29, 1.82) is 0 Å². The van der Waals surface area contributed by atoms with Gasteiger partial charge in [-0.25, -0.2) is 0 Å². The summed E-state index contributed by atoms with van der Waals surface area (Å²) in [6.07, 6.45) is 4.06. The second-order valence-electron chi connectivity index (χ2n) is 7.10. The SMILES string of the molecule is CCCC1COC(CCC2COC(c3ccc(C)cc3)OC2)OC1. The van der Waals surface area contributed by atoms with Gasteiger partial charge in [-0.15, -0.1) is 0 Å². The van der Waals surface area contributed by atoms with E-state index in [1.165, 1.54) is 18.4 Å². The summed E-state index contributed by atoms with van der Waals surface area (Å²) in [5, 5.41) is 0. The fraction of sp³-hybridized carbons (Fsp3) is 0.700. The second-order valence-corrected chi connectivity index (χ2v) is 7.10. The Labute approximate surface area is 145 Å². The Hall–Kier alpha value is -0.940. The Morgan fingerprint density at radius 3 is 2.00 bits per heavy atom. The molecule has 4 nitrogen and oxygen atoms in total. The minimum atomic E-state index is -0.223. The van der Waals surface area contributed by atoms with E-state index in [-0.39, 0.29) is 12.6 Å². The molecular formula is C20H30O4. The van der Waals surface area contributed by atoms with Crippen molar-refractivity contribution in [3.63, 3.8) is 0 Å². The summed E-state index contributed by atoms with van der Waals surface area (Å²) >= 11 is 0. The monoisotopic (exact) mass is 334 g/mol. The zero-order chi connectivity index (χ0) is 16.8. The molecule has 0 amide bonds. The van der Waals surface area contributed by atoms with E-state index in [2.05, 4.69) is 38.1 Å². The molecule has 0 saturated carbocycles. The molecule has 2 saturated heterocycles. The van der Waals surface area contributed by atoms with Crippen molar-refractivity contribution in [2.45, 2.75) is 52.1 Å². The highest BCUT2D eigenvalue weighted by atomic mass is 16.7. The van der Waals surface area contributed by atoms with Gasteiger partial charge in [-0.3, -0.25) is 0 Å². The molecule has 0 N–H and O–H groups in total. The summed E-state index contributed by atoms with van der Waals surface area (Å²) in [6.45, 7) is 7.45. The third-order valence-corrected chi connectivity index (χ3v) is 4.86. The molecule has 2 aliphatic heterocycles. The first-order chi connectivity index (χ1) is 11.7. The highest BCUT2D eigenvalue weighted by Crippen LogP contribution is 2.28. The summed E-state index contributed by atoms with van der Waals surface area (Å²) in [5.74, 6) is 0.995. The van der Waals surface area contributed by atoms with E-state index in [0.717, 1.165) is 44.8 Å². The molecule has 1 aromatic carbocycles. The van der Waals surface area contributed by atoms with Crippen molar-refractivity contribution in [3.8, 4) is 0 Å². The maximum atomic E-state index is 5.90. The van der Waals surface area contributed by atoms with Gasteiger partial charge in [0.2, 0.25) is 0 Å². The minimum Gasteiger partial charge on any atom is -0.352 e. The largest absolute Gasteiger partial charge is 0.352 e. The van der Waals surface area contributed by atoms with Gasteiger partial charge in [0.15, 0.2) is 12.6 Å². The molecule has 0 bridgehead atoms. The third kappa shape index (κ3) is 5.03. The Balaban J connectivity index is 1.35. The standard InChI is InChI=1S/C20H30O4/c1-3-4-16-11-21-19(22-12-16)10-7-17-13-23-20(24-14-17)18-8-5-15(2)6-9-18/h5-6,8-9,16-17,19-20H,3-4,7,10-14H2,1-2H3. The lowest BCUT2D eigenvalue weighted by molar-refractivity contribution is -0.220. The molecular weight excluding hydrogens is 304 g/mol. The van der Waals surface area contributed by atoms with Crippen LogP contribution in [0, 0.1) is 18.8 Å². The number of aryl methyl sites for hydroxylation is 1. The van der Waals surface area contributed by atoms with Gasteiger partial charge in [0.05, 0.1) is 26.4 Å². The van der Waals surface area contributed by atoms with Gasteiger partial charge in [0.1, 0.15) is 0 Å². The molecule has 0 atom stereocenters. The highest BCUT2D eigenvalue weighted by Gasteiger charge is 2.26. The van der Waals surface area contributed by atoms with E-state index < -0.39 is 0 Å². The van der Waals surface area contributed by atoms with E-state index in [4.69, 9.17) is 18.9 Å². The Kier molecular flexibility index (Phi) is 6.67. The molecule has 2 heterocycles. The molecule has 0 aromatic heterocycles. The lowest BCUT2D eigenvalue weighted by atomic mass is 10.0. The van der Waals surface area contributed by atoms with E-state index in [1.807, 2.05) is 0 Å². The van der Waals surface area contributed by atoms with Gasteiger partial charge in [0.25, 0.3) is 0 Å². The van der Waals surface area contributed by atoms with Crippen molar-refractivity contribution in [2.75, 3.05) is 26.4 Å². The first kappa shape index (κ1) is 17.9.